The number of piperidine rings is 1. The summed E-state index contributed by atoms with van der Waals surface area (Å²) in [6, 6.07) is 1.08. The summed E-state index contributed by atoms with van der Waals surface area (Å²) in [4.78, 5) is 81.1. The molecule has 7 heterocycles. The Hall–Kier alpha value is -7.40. The molecule has 7 aliphatic rings. The van der Waals surface area contributed by atoms with Crippen LogP contribution in [-0.2, 0) is 23.8 Å². The summed E-state index contributed by atoms with van der Waals surface area (Å²) in [6.45, 7) is 15.3. The number of benzene rings is 3. The van der Waals surface area contributed by atoms with Gasteiger partial charge >= 0.3 is 17.7 Å². The van der Waals surface area contributed by atoms with Crippen molar-refractivity contribution in [3.05, 3.63) is 91.8 Å². The number of amides is 1. The van der Waals surface area contributed by atoms with E-state index in [1.807, 2.05) is 4.90 Å². The van der Waals surface area contributed by atoms with E-state index in [1.165, 1.54) is 66.5 Å². The average Bonchev–Trinajstić information content (AvgIpc) is 1.79. The van der Waals surface area contributed by atoms with Gasteiger partial charge in [0.05, 0.1) is 59.2 Å². The van der Waals surface area contributed by atoms with Crippen LogP contribution in [0.15, 0.2) is 63.2 Å². The molecule has 3 aromatic carbocycles. The van der Waals surface area contributed by atoms with E-state index in [0.717, 1.165) is 18.9 Å². The Morgan fingerprint density at radius 3 is 2.29 bits per heavy atom. The van der Waals surface area contributed by atoms with E-state index in [0.29, 0.717) is 57.5 Å². The van der Waals surface area contributed by atoms with Crippen molar-refractivity contribution in [2.75, 3.05) is 57.2 Å². The number of aromatic carboxylic acids is 1. The van der Waals surface area contributed by atoms with E-state index < -0.39 is 111 Å². The number of phenolic OH excluding ortho intramolecular Hbond substituents is 2. The number of ether oxygens (including phenoxy) is 5. The number of nitrogens with one attached hydrogen (secondary N) is 1. The number of ketones is 1. The number of halogens is 1. The highest BCUT2D eigenvalue weighted by Gasteiger charge is 2.51. The Morgan fingerprint density at radius 2 is 1.64 bits per heavy atom. The molecule has 3 fully saturated rings. The molecule has 4 aromatic rings. The molecule has 1 spiro atoms. The third-order valence-corrected chi connectivity index (χ3v) is 18.0. The maximum absolute atomic E-state index is 16.3. The van der Waals surface area contributed by atoms with Gasteiger partial charge in [0.25, 0.3) is 11.7 Å². The van der Waals surface area contributed by atoms with Gasteiger partial charge in [0.2, 0.25) is 5.43 Å². The molecule has 6 N–H and O–H groups in total. The summed E-state index contributed by atoms with van der Waals surface area (Å²) in [5.41, 5.74) is -1.21. The van der Waals surface area contributed by atoms with Gasteiger partial charge in [0, 0.05) is 119 Å². The third kappa shape index (κ3) is 10.4. The number of anilines is 2. The van der Waals surface area contributed by atoms with Crippen LogP contribution in [0.1, 0.15) is 113 Å². The minimum atomic E-state index is -2.04. The first-order chi connectivity index (χ1) is 39.3. The number of esters is 1. The summed E-state index contributed by atoms with van der Waals surface area (Å²) in [6.07, 6.45) is 7.99. The number of aromatic nitrogens is 1. The molecule has 1 amide bonds. The van der Waals surface area contributed by atoms with E-state index in [-0.39, 0.29) is 78.4 Å². The molecule has 22 heteroatoms. The number of carboxylic acid groups (broad SMARTS) is 1. The number of aliphatic hydroxyl groups is 2. The minimum absolute atomic E-state index is 0.0109. The van der Waals surface area contributed by atoms with Crippen molar-refractivity contribution in [3.8, 4) is 23.0 Å². The van der Waals surface area contributed by atoms with Crippen LogP contribution in [0.3, 0.4) is 0 Å². The van der Waals surface area contributed by atoms with E-state index in [1.54, 1.807) is 44.4 Å². The predicted octanol–water partition coefficient (Wildman–Crippen LogP) is 6.12. The second-order valence-corrected chi connectivity index (χ2v) is 23.6. The lowest BCUT2D eigenvalue weighted by Gasteiger charge is -2.39. The van der Waals surface area contributed by atoms with Gasteiger partial charge < -0.3 is 68.9 Å². The van der Waals surface area contributed by atoms with Gasteiger partial charge in [-0.1, -0.05) is 45.9 Å². The van der Waals surface area contributed by atoms with Crippen molar-refractivity contribution in [3.63, 3.8) is 0 Å². The molecule has 10 atom stereocenters. The summed E-state index contributed by atoms with van der Waals surface area (Å²) >= 11 is 0. The predicted molar refractivity (Wildman–Crippen MR) is 303 cm³/mol. The van der Waals surface area contributed by atoms with Crippen LogP contribution in [-0.4, -0.2) is 141 Å². The smallest absolute Gasteiger partial charge is 0.341 e. The number of phenols is 2. The van der Waals surface area contributed by atoms with Crippen LogP contribution in [0, 0.1) is 42.3 Å². The lowest BCUT2D eigenvalue weighted by Crippen LogP contribution is -2.48. The van der Waals surface area contributed by atoms with Gasteiger partial charge in [-0.2, -0.15) is 0 Å². The molecule has 6 aliphatic heterocycles. The van der Waals surface area contributed by atoms with Crippen molar-refractivity contribution in [2.24, 2.45) is 39.6 Å². The van der Waals surface area contributed by atoms with E-state index in [4.69, 9.17) is 28.7 Å². The number of hydrogen-bond acceptors (Lipinski definition) is 18. The number of likely N-dealkylation sites (tertiary alicyclic amines) is 1. The van der Waals surface area contributed by atoms with Crippen LogP contribution in [0.4, 0.5) is 15.8 Å². The third-order valence-electron chi connectivity index (χ3n) is 18.0. The van der Waals surface area contributed by atoms with Gasteiger partial charge in [0.15, 0.2) is 17.3 Å². The van der Waals surface area contributed by atoms with Crippen LogP contribution >= 0.6 is 0 Å². The topological polar surface area (TPSA) is 281 Å². The zero-order valence-corrected chi connectivity index (χ0v) is 48.3. The lowest BCUT2D eigenvalue weighted by molar-refractivity contribution is -0.160. The fourth-order valence-electron chi connectivity index (χ4n) is 13.0. The molecule has 5 bridgehead atoms. The number of rotatable bonds is 8. The minimum Gasteiger partial charge on any atom is -0.507 e. The summed E-state index contributed by atoms with van der Waals surface area (Å²) in [5.74, 6) is -9.49. The second kappa shape index (κ2) is 22.3. The Balaban J connectivity index is 0.984. The van der Waals surface area contributed by atoms with Crippen LogP contribution in [0.5, 0.6) is 23.0 Å². The summed E-state index contributed by atoms with van der Waals surface area (Å²) < 4.78 is 48.1. The number of pyridine rings is 1. The zero-order valence-electron chi connectivity index (χ0n) is 48.3. The number of nitrogens with zero attached hydrogens (tertiary/aromatic N) is 5. The number of carboxylic acids is 1. The Morgan fingerprint density at radius 1 is 0.928 bits per heavy atom. The van der Waals surface area contributed by atoms with E-state index >= 15 is 9.18 Å². The second-order valence-electron chi connectivity index (χ2n) is 23.6. The number of carbonyl (C=O) groups excluding carboxylic acids is 3. The number of hydrogen-bond donors (Lipinski definition) is 6. The first-order valence-corrected chi connectivity index (χ1v) is 28.3. The van der Waals surface area contributed by atoms with Crippen molar-refractivity contribution in [1.29, 1.82) is 0 Å². The number of allylic oxidation sites excluding steroid dienone is 2. The van der Waals surface area contributed by atoms with Crippen molar-refractivity contribution in [1.82, 2.24) is 9.47 Å². The molecule has 0 radical (unpaired) electrons. The van der Waals surface area contributed by atoms with Gasteiger partial charge in [-0.15, -0.1) is 0 Å². The fraction of sp³-hybridized carbons (Fsp3) is 0.525. The Bertz CT molecular complexity index is 3640. The number of aliphatic hydroxyl groups excluding tert-OH is 2. The van der Waals surface area contributed by atoms with Crippen molar-refractivity contribution in [2.45, 2.75) is 129 Å². The molecule has 2 saturated heterocycles. The van der Waals surface area contributed by atoms with Crippen molar-refractivity contribution >= 4 is 56.7 Å². The van der Waals surface area contributed by atoms with Gasteiger partial charge in [-0.25, -0.2) is 14.2 Å². The maximum Gasteiger partial charge on any atom is 0.341 e. The van der Waals surface area contributed by atoms with Gasteiger partial charge in [-0.3, -0.25) is 24.2 Å². The fourth-order valence-corrected chi connectivity index (χ4v) is 13.0. The number of methoxy groups -OCH3 is 2. The van der Waals surface area contributed by atoms with Gasteiger partial charge in [0.1, 0.15) is 45.2 Å². The number of aromatic hydroxyl groups is 2. The summed E-state index contributed by atoms with van der Waals surface area (Å²) in [7, 11) is 2.87. The highest BCUT2D eigenvalue weighted by molar-refractivity contribution is 6.21. The monoisotopic (exact) mass is 1150 g/mol. The molecule has 11 rings (SSSR count). The molecule has 83 heavy (non-hydrogen) atoms. The van der Waals surface area contributed by atoms with Crippen molar-refractivity contribution < 1.29 is 72.8 Å². The molecular weight excluding hydrogens is 1080 g/mol. The lowest BCUT2D eigenvalue weighted by atomic mass is 9.78. The highest BCUT2D eigenvalue weighted by atomic mass is 19.1. The van der Waals surface area contributed by atoms with Crippen LogP contribution < -0.4 is 35.8 Å². The number of carbonyl (C=O) groups is 4. The number of Topliss-reactive ketones (excluding diaryl/α,β-unsaturated/α-hetero) is 1. The molecule has 1 aliphatic carbocycles. The molecule has 1 saturated carbocycles. The number of fused-ring (bicyclic) bond motifs is 14. The molecule has 21 nitrogen and oxygen atoms in total. The Kier molecular flexibility index (Phi) is 15.8. The first-order valence-electron chi connectivity index (χ1n) is 28.3. The quantitative estimate of drug-likeness (QED) is 0.0857. The Labute approximate surface area is 478 Å². The van der Waals surface area contributed by atoms with Crippen LogP contribution in [0.2, 0.25) is 0 Å². The highest BCUT2D eigenvalue weighted by Crippen LogP contribution is 2.52. The SMILES string of the molecule is COc1c(N2CCC(CN3CCC4(CC3)N=c3c(c5c6c7c(C)c(O)c5c(O)c3=NC(=O)/C(C)=C\C=C\[C@H](C)[C@H](O)[C@@H](C)[C@@H](O)[C@@H](C)[C@H](OC(C)=O)[C@H](C)[C@@H](OC)/C=C/O[C@@](C)(O7)C6=O)N4)C2)c(F)cc2c(=O)c(C(=O)O)cn(C3CC3)c12. The zero-order chi connectivity index (χ0) is 59.9. The van der Waals surface area contributed by atoms with E-state index in [2.05, 4.69) is 15.2 Å². The normalized spacial score (nSPS) is 29.8. The molecule has 1 aromatic heterocycles. The largest absolute Gasteiger partial charge is 0.507 e. The van der Waals surface area contributed by atoms with Crippen LogP contribution in [0.25, 0.3) is 21.7 Å². The summed E-state index contributed by atoms with van der Waals surface area (Å²) in [5, 5.41) is 60.8. The van der Waals surface area contributed by atoms with Gasteiger partial charge in [-0.05, 0) is 51.2 Å². The molecule has 1 unspecified atom stereocenters. The maximum atomic E-state index is 16.3. The standard InChI is InChI=1S/C61H73FN6O15/c1-28-12-11-13-29(2)58(76)63-46-45-44(41-42(53(46)74)51(72)33(6)55-43(41)57(75)60(8,83-55)81-23-17-40(79-9)30(3)54(82-34(7)69)32(5)50(71)31(4)49(28)70)64-61(65-45)18-21-66(22-19-61)25-35-16-20-67(26-35)48-39(62)24-37-47(56(48)80-10)68(36-14-15-36)27-38(52(37)73)59(77)78/h11-13,17,23-24,27-28,30-32,35-36,40,49-50,54,64,70-72,74H,14-16,18-22,25-26H2,1-10H3,(H,77,78)/b12-11+,23-17+,29-13-,63-46?/t28-,30+,31+,32+,35?,40-,49-,50+,54+,60-/m0/s1. The van der Waals surface area contributed by atoms with E-state index in [9.17, 15) is 44.7 Å². The molecule has 444 valence electrons. The first kappa shape index (κ1) is 58.8. The molecular formula is C61H73FN6O15. The average molecular weight is 1150 g/mol.